The van der Waals surface area contributed by atoms with E-state index in [0.29, 0.717) is 5.75 Å². The molecule has 2 rings (SSSR count). The zero-order valence-electron chi connectivity index (χ0n) is 17.8. The van der Waals surface area contributed by atoms with Crippen LogP contribution in [0.15, 0.2) is 53.4 Å². The van der Waals surface area contributed by atoms with Crippen LogP contribution in [-0.4, -0.2) is 28.7 Å². The van der Waals surface area contributed by atoms with Gasteiger partial charge in [0.05, 0.1) is 0 Å². The standard InChI is InChI=1S/C24H30O4S/c1-6-21(22(25)18-9-13-20(29-5)14-10-18)16(2)15-17-7-11-19(12-8-17)28-24(3,4)23(26)27/h7-14,16,21H,6,15H2,1-5H3,(H,26,27)/t16-,21+/m0/s1. The number of carboxylic acid groups (broad SMARTS) is 1. The molecule has 5 heteroatoms. The first kappa shape index (κ1) is 23.0. The zero-order valence-corrected chi connectivity index (χ0v) is 18.6. The number of rotatable bonds is 10. The summed E-state index contributed by atoms with van der Waals surface area (Å²) < 4.78 is 5.55. The van der Waals surface area contributed by atoms with E-state index in [1.54, 1.807) is 23.9 Å². The molecule has 0 spiro atoms. The molecule has 4 nitrogen and oxygen atoms in total. The minimum absolute atomic E-state index is 0.0444. The summed E-state index contributed by atoms with van der Waals surface area (Å²) in [5.74, 6) is -0.154. The molecule has 0 aliphatic rings. The molecule has 2 aromatic rings. The number of aliphatic carboxylic acids is 1. The lowest BCUT2D eigenvalue weighted by Gasteiger charge is -2.23. The Balaban J connectivity index is 2.05. The molecule has 2 atom stereocenters. The van der Waals surface area contributed by atoms with E-state index < -0.39 is 11.6 Å². The third-order valence-corrected chi connectivity index (χ3v) is 5.95. The fraction of sp³-hybridized carbons (Fsp3) is 0.417. The summed E-state index contributed by atoms with van der Waals surface area (Å²) >= 11 is 1.66. The average Bonchev–Trinajstić information content (AvgIpc) is 2.69. The van der Waals surface area contributed by atoms with Crippen LogP contribution < -0.4 is 4.74 Å². The van der Waals surface area contributed by atoms with E-state index in [2.05, 4.69) is 13.8 Å². The number of hydrogen-bond donors (Lipinski definition) is 1. The number of carbonyl (C=O) groups is 2. The molecule has 0 saturated carbocycles. The van der Waals surface area contributed by atoms with Crippen LogP contribution in [0, 0.1) is 11.8 Å². The summed E-state index contributed by atoms with van der Waals surface area (Å²) in [4.78, 5) is 25.4. The fourth-order valence-corrected chi connectivity index (χ4v) is 3.77. The molecule has 0 saturated heterocycles. The number of ketones is 1. The minimum Gasteiger partial charge on any atom is -0.478 e. The second-order valence-electron chi connectivity index (χ2n) is 7.85. The zero-order chi connectivity index (χ0) is 21.6. The molecule has 0 aliphatic heterocycles. The van der Waals surface area contributed by atoms with E-state index in [0.717, 1.165) is 28.9 Å². The van der Waals surface area contributed by atoms with Crippen LogP contribution in [0.1, 0.15) is 50.0 Å². The number of carbonyl (C=O) groups excluding carboxylic acids is 1. The quantitative estimate of drug-likeness (QED) is 0.397. The Morgan fingerprint density at radius 1 is 1.07 bits per heavy atom. The molecule has 0 radical (unpaired) electrons. The monoisotopic (exact) mass is 414 g/mol. The van der Waals surface area contributed by atoms with Crippen LogP contribution in [-0.2, 0) is 11.2 Å². The van der Waals surface area contributed by atoms with Gasteiger partial charge in [-0.15, -0.1) is 11.8 Å². The van der Waals surface area contributed by atoms with Gasteiger partial charge >= 0.3 is 5.97 Å². The molecule has 156 valence electrons. The maximum absolute atomic E-state index is 13.0. The predicted octanol–water partition coefficient (Wildman–Crippen LogP) is 5.74. The SMILES string of the molecule is CC[C@@H](C(=O)c1ccc(SC)cc1)[C@@H](C)Cc1ccc(OC(C)(C)C(=O)O)cc1. The van der Waals surface area contributed by atoms with Gasteiger partial charge < -0.3 is 9.84 Å². The van der Waals surface area contributed by atoms with Crippen LogP contribution in [0.5, 0.6) is 5.75 Å². The second-order valence-corrected chi connectivity index (χ2v) is 8.73. The van der Waals surface area contributed by atoms with Crippen LogP contribution in [0.3, 0.4) is 0 Å². The van der Waals surface area contributed by atoms with Gasteiger partial charge in [-0.05, 0) is 68.7 Å². The van der Waals surface area contributed by atoms with Crippen molar-refractivity contribution in [3.8, 4) is 5.75 Å². The van der Waals surface area contributed by atoms with Crippen molar-refractivity contribution >= 4 is 23.5 Å². The molecule has 0 amide bonds. The van der Waals surface area contributed by atoms with Gasteiger partial charge in [-0.1, -0.05) is 38.1 Å². The van der Waals surface area contributed by atoms with Gasteiger partial charge in [0, 0.05) is 16.4 Å². The molecular weight excluding hydrogens is 384 g/mol. The Morgan fingerprint density at radius 3 is 2.14 bits per heavy atom. The van der Waals surface area contributed by atoms with Crippen LogP contribution >= 0.6 is 11.8 Å². The molecule has 0 fully saturated rings. The van der Waals surface area contributed by atoms with Gasteiger partial charge in [-0.2, -0.15) is 0 Å². The molecule has 0 aliphatic carbocycles. The van der Waals surface area contributed by atoms with Gasteiger partial charge in [-0.25, -0.2) is 4.79 Å². The fourth-order valence-electron chi connectivity index (χ4n) is 3.36. The Hall–Kier alpha value is -2.27. The third kappa shape index (κ3) is 6.10. The molecule has 1 N–H and O–H groups in total. The number of hydrogen-bond acceptors (Lipinski definition) is 4. The first-order valence-electron chi connectivity index (χ1n) is 9.87. The van der Waals surface area contributed by atoms with Crippen LogP contribution in [0.25, 0.3) is 0 Å². The van der Waals surface area contributed by atoms with Gasteiger partial charge in [0.15, 0.2) is 11.4 Å². The molecule has 0 heterocycles. The first-order chi connectivity index (χ1) is 13.7. The number of carboxylic acids is 1. The van der Waals surface area contributed by atoms with E-state index in [4.69, 9.17) is 4.74 Å². The Kier molecular flexibility index (Phi) is 7.91. The normalized spacial score (nSPS) is 13.6. The number of thioether (sulfide) groups is 1. The third-order valence-electron chi connectivity index (χ3n) is 5.21. The molecule has 29 heavy (non-hydrogen) atoms. The highest BCUT2D eigenvalue weighted by molar-refractivity contribution is 7.98. The minimum atomic E-state index is -1.28. The summed E-state index contributed by atoms with van der Waals surface area (Å²) in [5, 5.41) is 9.18. The van der Waals surface area contributed by atoms with E-state index >= 15 is 0 Å². The van der Waals surface area contributed by atoms with Crippen LogP contribution in [0.4, 0.5) is 0 Å². The lowest BCUT2D eigenvalue weighted by Crippen LogP contribution is -2.37. The van der Waals surface area contributed by atoms with Gasteiger partial charge in [0.25, 0.3) is 0 Å². The van der Waals surface area contributed by atoms with E-state index in [9.17, 15) is 14.7 Å². The number of Topliss-reactive ketones (excluding diaryl/α,β-unsaturated/α-hetero) is 1. The molecular formula is C24H30O4S. The summed E-state index contributed by atoms with van der Waals surface area (Å²) in [5.41, 5.74) is 0.587. The number of ether oxygens (including phenoxy) is 1. The topological polar surface area (TPSA) is 63.6 Å². The Labute approximate surface area is 177 Å². The summed E-state index contributed by atoms with van der Waals surface area (Å²) in [6.07, 6.45) is 3.58. The molecule has 2 aromatic carbocycles. The highest BCUT2D eigenvalue weighted by atomic mass is 32.2. The van der Waals surface area contributed by atoms with E-state index in [1.807, 2.05) is 42.7 Å². The lowest BCUT2D eigenvalue weighted by atomic mass is 9.81. The van der Waals surface area contributed by atoms with Gasteiger partial charge in [0.2, 0.25) is 0 Å². The van der Waals surface area contributed by atoms with Gasteiger partial charge in [0.1, 0.15) is 5.75 Å². The lowest BCUT2D eigenvalue weighted by molar-refractivity contribution is -0.152. The smallest absolute Gasteiger partial charge is 0.347 e. The highest BCUT2D eigenvalue weighted by Gasteiger charge is 2.29. The molecule has 0 unspecified atom stereocenters. The van der Waals surface area contributed by atoms with E-state index in [1.165, 1.54) is 13.8 Å². The first-order valence-corrected chi connectivity index (χ1v) is 11.1. The van der Waals surface area contributed by atoms with Crippen molar-refractivity contribution in [2.24, 2.45) is 11.8 Å². The van der Waals surface area contributed by atoms with Crippen molar-refractivity contribution in [3.05, 3.63) is 59.7 Å². The van der Waals surface area contributed by atoms with Crippen molar-refractivity contribution in [2.75, 3.05) is 6.26 Å². The van der Waals surface area contributed by atoms with Crippen molar-refractivity contribution in [1.29, 1.82) is 0 Å². The van der Waals surface area contributed by atoms with Crippen LogP contribution in [0.2, 0.25) is 0 Å². The Morgan fingerprint density at radius 2 is 1.66 bits per heavy atom. The molecule has 0 bridgehead atoms. The largest absolute Gasteiger partial charge is 0.478 e. The maximum Gasteiger partial charge on any atom is 0.347 e. The van der Waals surface area contributed by atoms with Crippen molar-refractivity contribution in [1.82, 2.24) is 0 Å². The molecule has 0 aromatic heterocycles. The van der Waals surface area contributed by atoms with Crippen molar-refractivity contribution < 1.29 is 19.4 Å². The van der Waals surface area contributed by atoms with Gasteiger partial charge in [-0.3, -0.25) is 4.79 Å². The summed E-state index contributed by atoms with van der Waals surface area (Å²) in [7, 11) is 0. The summed E-state index contributed by atoms with van der Waals surface area (Å²) in [6, 6.07) is 15.3. The average molecular weight is 415 g/mol. The van der Waals surface area contributed by atoms with Crippen molar-refractivity contribution in [3.63, 3.8) is 0 Å². The van der Waals surface area contributed by atoms with E-state index in [-0.39, 0.29) is 17.6 Å². The Bertz CT molecular complexity index is 825. The predicted molar refractivity (Wildman–Crippen MR) is 118 cm³/mol. The van der Waals surface area contributed by atoms with Crippen molar-refractivity contribution in [2.45, 2.75) is 51.0 Å². The maximum atomic E-state index is 13.0. The highest BCUT2D eigenvalue weighted by Crippen LogP contribution is 2.27. The summed E-state index contributed by atoms with van der Waals surface area (Å²) in [6.45, 7) is 7.21. The number of benzene rings is 2. The second kappa shape index (κ2) is 9.97.